The summed E-state index contributed by atoms with van der Waals surface area (Å²) in [6.45, 7) is 4.08. The average Bonchev–Trinajstić information content (AvgIpc) is 2.35. The fourth-order valence-corrected chi connectivity index (χ4v) is 2.11. The van der Waals surface area contributed by atoms with E-state index in [1.165, 1.54) is 6.07 Å². The van der Waals surface area contributed by atoms with Crippen LogP contribution in [-0.2, 0) is 6.54 Å². The molecule has 2 aromatic rings. The molecule has 0 aliphatic carbocycles. The van der Waals surface area contributed by atoms with Gasteiger partial charge in [0.05, 0.1) is 18.2 Å². The monoisotopic (exact) mass is 273 g/mol. The lowest BCUT2D eigenvalue weighted by Gasteiger charge is -2.11. The Bertz CT molecular complexity index is 728. The second kappa shape index (κ2) is 5.25. The van der Waals surface area contributed by atoms with Crippen molar-refractivity contribution in [3.05, 3.63) is 62.3 Å². The van der Waals surface area contributed by atoms with Crippen LogP contribution in [0.25, 0.3) is 0 Å². The molecule has 1 aromatic heterocycles. The number of benzene rings is 1. The maximum atomic E-state index is 11.9. The van der Waals surface area contributed by atoms with E-state index in [4.69, 9.17) is 16.9 Å². The minimum absolute atomic E-state index is 0.179. The van der Waals surface area contributed by atoms with Crippen LogP contribution >= 0.6 is 11.6 Å². The van der Waals surface area contributed by atoms with Crippen molar-refractivity contribution < 1.29 is 0 Å². The first kappa shape index (κ1) is 13.3. The first-order chi connectivity index (χ1) is 9.01. The van der Waals surface area contributed by atoms with Gasteiger partial charge in [-0.3, -0.25) is 9.36 Å². The standard InChI is InChI=1S/C14H12ClN3O/c1-9-5-11(7-16)3-4-12(9)8-18-10(2)17-13(15)6-14(18)19/h3-6H,8H2,1-2H3. The van der Waals surface area contributed by atoms with Gasteiger partial charge >= 0.3 is 0 Å². The average molecular weight is 274 g/mol. The Balaban J connectivity index is 2.43. The van der Waals surface area contributed by atoms with E-state index in [1.807, 2.05) is 13.0 Å². The van der Waals surface area contributed by atoms with Gasteiger partial charge in [0.1, 0.15) is 11.0 Å². The van der Waals surface area contributed by atoms with Crippen LogP contribution in [0.5, 0.6) is 0 Å². The largest absolute Gasteiger partial charge is 0.292 e. The maximum absolute atomic E-state index is 11.9. The first-order valence-corrected chi connectivity index (χ1v) is 6.12. The van der Waals surface area contributed by atoms with Crippen LogP contribution in [0.1, 0.15) is 22.5 Å². The fourth-order valence-electron chi connectivity index (χ4n) is 1.89. The molecule has 0 amide bonds. The highest BCUT2D eigenvalue weighted by Gasteiger charge is 2.07. The summed E-state index contributed by atoms with van der Waals surface area (Å²) in [6, 6.07) is 8.79. The smallest absolute Gasteiger partial charge is 0.255 e. The molecule has 19 heavy (non-hydrogen) atoms. The van der Waals surface area contributed by atoms with Gasteiger partial charge in [-0.15, -0.1) is 0 Å². The van der Waals surface area contributed by atoms with Crippen molar-refractivity contribution in [2.45, 2.75) is 20.4 Å². The highest BCUT2D eigenvalue weighted by atomic mass is 35.5. The second-order valence-electron chi connectivity index (χ2n) is 4.30. The number of rotatable bonds is 2. The van der Waals surface area contributed by atoms with Crippen molar-refractivity contribution in [2.75, 3.05) is 0 Å². The molecule has 0 fully saturated rings. The second-order valence-corrected chi connectivity index (χ2v) is 4.69. The lowest BCUT2D eigenvalue weighted by atomic mass is 10.1. The van der Waals surface area contributed by atoms with Crippen molar-refractivity contribution in [3.8, 4) is 6.07 Å². The molecule has 0 bridgehead atoms. The molecule has 0 saturated carbocycles. The summed E-state index contributed by atoms with van der Waals surface area (Å²) in [5, 5.41) is 9.04. The van der Waals surface area contributed by atoms with Gasteiger partial charge in [0, 0.05) is 6.07 Å². The van der Waals surface area contributed by atoms with Crippen LogP contribution in [0.3, 0.4) is 0 Å². The summed E-state index contributed by atoms with van der Waals surface area (Å²) in [5.74, 6) is 0.571. The van der Waals surface area contributed by atoms with Gasteiger partial charge in [-0.05, 0) is 37.1 Å². The number of nitriles is 1. The third-order valence-corrected chi connectivity index (χ3v) is 3.16. The molecular weight excluding hydrogens is 262 g/mol. The van der Waals surface area contributed by atoms with Crippen LogP contribution in [0, 0.1) is 25.2 Å². The van der Waals surface area contributed by atoms with Crippen molar-refractivity contribution >= 4 is 11.6 Å². The molecule has 0 unspecified atom stereocenters. The lowest BCUT2D eigenvalue weighted by Crippen LogP contribution is -2.23. The number of hydrogen-bond acceptors (Lipinski definition) is 3. The summed E-state index contributed by atoms with van der Waals surface area (Å²) in [4.78, 5) is 16.0. The normalized spacial score (nSPS) is 10.2. The number of halogens is 1. The van der Waals surface area contributed by atoms with Gasteiger partial charge in [-0.2, -0.15) is 5.26 Å². The van der Waals surface area contributed by atoms with Gasteiger partial charge in [0.25, 0.3) is 5.56 Å². The molecule has 96 valence electrons. The predicted molar refractivity (Wildman–Crippen MR) is 73.2 cm³/mol. The number of nitrogens with zero attached hydrogens (tertiary/aromatic N) is 3. The SMILES string of the molecule is Cc1cc(C#N)ccc1Cn1c(C)nc(Cl)cc1=O. The molecule has 0 N–H and O–H groups in total. The summed E-state index contributed by atoms with van der Waals surface area (Å²) in [6.07, 6.45) is 0. The van der Waals surface area contributed by atoms with Gasteiger partial charge in [0.2, 0.25) is 0 Å². The summed E-state index contributed by atoms with van der Waals surface area (Å²) in [5.41, 5.74) is 2.38. The molecule has 2 rings (SSSR count). The molecule has 1 aromatic carbocycles. The highest BCUT2D eigenvalue weighted by Crippen LogP contribution is 2.12. The molecule has 4 nitrogen and oxygen atoms in total. The molecular formula is C14H12ClN3O. The van der Waals surface area contributed by atoms with Gasteiger partial charge in [-0.25, -0.2) is 4.98 Å². The van der Waals surface area contributed by atoms with Crippen LogP contribution in [0.2, 0.25) is 5.15 Å². The summed E-state index contributed by atoms with van der Waals surface area (Å²) < 4.78 is 1.56. The molecule has 0 radical (unpaired) electrons. The van der Waals surface area contributed by atoms with Crippen LogP contribution in [0.4, 0.5) is 0 Å². The minimum atomic E-state index is -0.179. The summed E-state index contributed by atoms with van der Waals surface area (Å²) in [7, 11) is 0. The van der Waals surface area contributed by atoms with Crippen molar-refractivity contribution in [3.63, 3.8) is 0 Å². The Labute approximate surface area is 115 Å². The summed E-state index contributed by atoms with van der Waals surface area (Å²) >= 11 is 5.74. The zero-order valence-electron chi connectivity index (χ0n) is 10.6. The van der Waals surface area contributed by atoms with E-state index in [1.54, 1.807) is 23.6 Å². The van der Waals surface area contributed by atoms with Gasteiger partial charge in [0.15, 0.2) is 0 Å². The molecule has 5 heteroatoms. The maximum Gasteiger partial charge on any atom is 0.255 e. The van der Waals surface area contributed by atoms with E-state index in [0.717, 1.165) is 11.1 Å². The van der Waals surface area contributed by atoms with E-state index in [2.05, 4.69) is 11.1 Å². The Morgan fingerprint density at radius 2 is 2.11 bits per heavy atom. The van der Waals surface area contributed by atoms with E-state index < -0.39 is 0 Å². The molecule has 1 heterocycles. The highest BCUT2D eigenvalue weighted by molar-refractivity contribution is 6.29. The molecule has 0 spiro atoms. The molecule has 0 aliphatic rings. The van der Waals surface area contributed by atoms with Crippen molar-refractivity contribution in [2.24, 2.45) is 0 Å². The van der Waals surface area contributed by atoms with E-state index in [9.17, 15) is 4.79 Å². The Hall–Kier alpha value is -2.12. The number of hydrogen-bond donors (Lipinski definition) is 0. The van der Waals surface area contributed by atoms with Crippen LogP contribution in [0.15, 0.2) is 29.1 Å². The Kier molecular flexibility index (Phi) is 3.68. The number of aromatic nitrogens is 2. The third-order valence-electron chi connectivity index (χ3n) is 2.97. The topological polar surface area (TPSA) is 58.7 Å². The molecule has 0 atom stereocenters. The van der Waals surface area contributed by atoms with Gasteiger partial charge in [-0.1, -0.05) is 17.7 Å². The number of aryl methyl sites for hydroxylation is 2. The molecule has 0 saturated heterocycles. The molecule has 0 aliphatic heterocycles. The van der Waals surface area contributed by atoms with E-state index in [0.29, 0.717) is 17.9 Å². The van der Waals surface area contributed by atoms with Crippen LogP contribution in [-0.4, -0.2) is 9.55 Å². The van der Waals surface area contributed by atoms with Crippen LogP contribution < -0.4 is 5.56 Å². The van der Waals surface area contributed by atoms with Gasteiger partial charge < -0.3 is 0 Å². The Morgan fingerprint density at radius 1 is 1.37 bits per heavy atom. The Morgan fingerprint density at radius 3 is 2.68 bits per heavy atom. The van der Waals surface area contributed by atoms with E-state index >= 15 is 0 Å². The zero-order chi connectivity index (χ0) is 14.0. The third kappa shape index (κ3) is 2.83. The quantitative estimate of drug-likeness (QED) is 0.790. The first-order valence-electron chi connectivity index (χ1n) is 5.75. The fraction of sp³-hybridized carbons (Fsp3) is 0.214. The van der Waals surface area contributed by atoms with Crippen molar-refractivity contribution in [1.29, 1.82) is 5.26 Å². The zero-order valence-corrected chi connectivity index (χ0v) is 11.4. The lowest BCUT2D eigenvalue weighted by molar-refractivity contribution is 0.697. The minimum Gasteiger partial charge on any atom is -0.292 e. The predicted octanol–water partition coefficient (Wildman–Crippen LogP) is 2.43. The van der Waals surface area contributed by atoms with E-state index in [-0.39, 0.29) is 10.7 Å². The van der Waals surface area contributed by atoms with Crippen molar-refractivity contribution in [1.82, 2.24) is 9.55 Å².